The first-order valence-corrected chi connectivity index (χ1v) is 5.62. The van der Waals surface area contributed by atoms with E-state index in [-0.39, 0.29) is 0 Å². The second kappa shape index (κ2) is 4.00. The summed E-state index contributed by atoms with van der Waals surface area (Å²) >= 11 is 1.98. The lowest BCUT2D eigenvalue weighted by Gasteiger charge is -2.19. The maximum Gasteiger partial charge on any atom is 0.438 e. The number of thioether (sulfide) groups is 1. The second-order valence-corrected chi connectivity index (χ2v) is 4.48. The van der Waals surface area contributed by atoms with Crippen LogP contribution in [0.25, 0.3) is 0 Å². The van der Waals surface area contributed by atoms with E-state index < -0.39 is 5.76 Å². The predicted octanol–water partition coefficient (Wildman–Crippen LogP) is 1.05. The molecule has 0 spiro atoms. The Balaban J connectivity index is 1.93. The molecule has 1 aromatic heterocycles. The monoisotopic (exact) mass is 200 g/mol. The van der Waals surface area contributed by atoms with Gasteiger partial charge in [-0.3, -0.25) is 9.51 Å². The maximum atomic E-state index is 10.6. The minimum atomic E-state index is -0.446. The topological polar surface area (TPSA) is 58.9 Å². The first kappa shape index (κ1) is 8.87. The van der Waals surface area contributed by atoms with Crippen molar-refractivity contribution in [3.63, 3.8) is 0 Å². The van der Waals surface area contributed by atoms with Gasteiger partial charge in [0.1, 0.15) is 0 Å². The van der Waals surface area contributed by atoms with E-state index in [4.69, 9.17) is 0 Å². The normalized spacial score (nSPS) is 23.2. The van der Waals surface area contributed by atoms with Crippen LogP contribution < -0.4 is 5.76 Å². The molecule has 0 radical (unpaired) electrons. The Morgan fingerprint density at radius 1 is 1.69 bits per heavy atom. The summed E-state index contributed by atoms with van der Waals surface area (Å²) in [5.74, 6) is 3.34. The van der Waals surface area contributed by atoms with Crippen molar-refractivity contribution in [1.29, 1.82) is 0 Å². The van der Waals surface area contributed by atoms with Crippen LogP contribution in [0.3, 0.4) is 0 Å². The van der Waals surface area contributed by atoms with Crippen molar-refractivity contribution in [2.24, 2.45) is 5.92 Å². The van der Waals surface area contributed by atoms with Crippen molar-refractivity contribution in [3.8, 4) is 0 Å². The number of aromatic nitrogens is 2. The molecule has 5 heteroatoms. The smallest absolute Gasteiger partial charge is 0.296 e. The average molecular weight is 200 g/mol. The molecule has 4 nitrogen and oxygen atoms in total. The molecule has 0 amide bonds. The van der Waals surface area contributed by atoms with Gasteiger partial charge in [-0.05, 0) is 30.3 Å². The third-order valence-electron chi connectivity index (χ3n) is 2.22. The summed E-state index contributed by atoms with van der Waals surface area (Å²) in [6.07, 6.45) is 3.36. The van der Waals surface area contributed by atoms with E-state index in [2.05, 4.69) is 14.7 Å². The Morgan fingerprint density at radius 2 is 2.62 bits per heavy atom. The Bertz CT molecular complexity index is 314. The van der Waals surface area contributed by atoms with Crippen LogP contribution in [0.4, 0.5) is 0 Å². The number of hydrogen-bond donors (Lipinski definition) is 1. The van der Waals surface area contributed by atoms with E-state index in [0.717, 1.165) is 6.42 Å². The molecule has 1 fully saturated rings. The highest BCUT2D eigenvalue weighted by atomic mass is 32.2. The van der Waals surface area contributed by atoms with E-state index >= 15 is 0 Å². The number of nitrogens with one attached hydrogen (secondary N) is 1. The summed E-state index contributed by atoms with van der Waals surface area (Å²) < 4.78 is 4.44. The van der Waals surface area contributed by atoms with E-state index in [1.54, 1.807) is 0 Å². The molecule has 0 bridgehead atoms. The van der Waals surface area contributed by atoms with Crippen LogP contribution in [-0.4, -0.2) is 21.6 Å². The third kappa shape index (κ3) is 2.37. The number of H-pyrrole nitrogens is 1. The summed E-state index contributed by atoms with van der Waals surface area (Å²) in [6, 6.07) is 0. The standard InChI is InChI=1S/C8H12N2O2S/c11-8-9-7(10-12-8)4-6-2-1-3-13-5-6/h6H,1-5H2,(H,9,10,11). The predicted molar refractivity (Wildman–Crippen MR) is 50.9 cm³/mol. The summed E-state index contributed by atoms with van der Waals surface area (Å²) in [6.45, 7) is 0. The first-order chi connectivity index (χ1) is 6.34. The van der Waals surface area contributed by atoms with Crippen LogP contribution in [-0.2, 0) is 6.42 Å². The lowest BCUT2D eigenvalue weighted by molar-refractivity contribution is 0.376. The van der Waals surface area contributed by atoms with Crippen molar-refractivity contribution < 1.29 is 4.52 Å². The molecule has 0 aromatic carbocycles. The molecule has 0 aliphatic carbocycles. The SMILES string of the molecule is O=c1[nH]c(CC2CCCSC2)no1. The molecule has 13 heavy (non-hydrogen) atoms. The van der Waals surface area contributed by atoms with Gasteiger partial charge in [-0.2, -0.15) is 11.8 Å². The first-order valence-electron chi connectivity index (χ1n) is 4.47. The van der Waals surface area contributed by atoms with Gasteiger partial charge in [0.2, 0.25) is 0 Å². The molecule has 0 saturated carbocycles. The molecule has 1 atom stereocenters. The Labute approximate surface area is 80.1 Å². The minimum absolute atomic E-state index is 0.446. The molecule has 2 rings (SSSR count). The number of rotatable bonds is 2. The molecule has 72 valence electrons. The fraction of sp³-hybridized carbons (Fsp3) is 0.750. The van der Waals surface area contributed by atoms with Crippen LogP contribution in [0.1, 0.15) is 18.7 Å². The molecular formula is C8H12N2O2S. The fourth-order valence-electron chi connectivity index (χ4n) is 1.59. The number of nitrogens with zero attached hydrogens (tertiary/aromatic N) is 1. The van der Waals surface area contributed by atoms with Crippen LogP contribution in [0.5, 0.6) is 0 Å². The maximum absolute atomic E-state index is 10.6. The van der Waals surface area contributed by atoms with Gasteiger partial charge in [0.15, 0.2) is 5.82 Å². The van der Waals surface area contributed by atoms with Crippen LogP contribution in [0, 0.1) is 5.92 Å². The van der Waals surface area contributed by atoms with Crippen molar-refractivity contribution in [1.82, 2.24) is 10.1 Å². The summed E-state index contributed by atoms with van der Waals surface area (Å²) in [7, 11) is 0. The zero-order valence-electron chi connectivity index (χ0n) is 7.28. The highest BCUT2D eigenvalue weighted by molar-refractivity contribution is 7.99. The molecule has 2 heterocycles. The summed E-state index contributed by atoms with van der Waals surface area (Å²) in [5.41, 5.74) is 0. The largest absolute Gasteiger partial charge is 0.438 e. The minimum Gasteiger partial charge on any atom is -0.296 e. The average Bonchev–Trinajstić information content (AvgIpc) is 2.53. The van der Waals surface area contributed by atoms with Crippen LogP contribution in [0.15, 0.2) is 9.32 Å². The molecule has 1 N–H and O–H groups in total. The van der Waals surface area contributed by atoms with E-state index in [0.29, 0.717) is 11.7 Å². The zero-order chi connectivity index (χ0) is 9.10. The van der Waals surface area contributed by atoms with Gasteiger partial charge in [-0.25, -0.2) is 4.79 Å². The van der Waals surface area contributed by atoms with E-state index in [1.807, 2.05) is 11.8 Å². The summed E-state index contributed by atoms with van der Waals surface area (Å²) in [4.78, 5) is 13.2. The van der Waals surface area contributed by atoms with Gasteiger partial charge in [-0.15, -0.1) is 0 Å². The Hall–Kier alpha value is -0.710. The fourth-order valence-corrected chi connectivity index (χ4v) is 2.75. The molecule has 1 aliphatic rings. The number of aromatic amines is 1. The zero-order valence-corrected chi connectivity index (χ0v) is 8.10. The van der Waals surface area contributed by atoms with Gasteiger partial charge in [0, 0.05) is 6.42 Å². The van der Waals surface area contributed by atoms with Gasteiger partial charge in [-0.1, -0.05) is 5.16 Å². The van der Waals surface area contributed by atoms with Gasteiger partial charge < -0.3 is 0 Å². The highest BCUT2D eigenvalue weighted by Gasteiger charge is 2.16. The van der Waals surface area contributed by atoms with Crippen LogP contribution >= 0.6 is 11.8 Å². The molecular weight excluding hydrogens is 188 g/mol. The second-order valence-electron chi connectivity index (χ2n) is 3.33. The van der Waals surface area contributed by atoms with E-state index in [9.17, 15) is 4.79 Å². The van der Waals surface area contributed by atoms with Crippen molar-refractivity contribution in [2.75, 3.05) is 11.5 Å². The van der Waals surface area contributed by atoms with Gasteiger partial charge in [0.25, 0.3) is 0 Å². The Kier molecular flexibility index (Phi) is 2.73. The summed E-state index contributed by atoms with van der Waals surface area (Å²) in [5, 5.41) is 3.66. The highest BCUT2D eigenvalue weighted by Crippen LogP contribution is 2.24. The lowest BCUT2D eigenvalue weighted by atomic mass is 10.0. The van der Waals surface area contributed by atoms with Crippen molar-refractivity contribution >= 4 is 11.8 Å². The van der Waals surface area contributed by atoms with Crippen LogP contribution in [0.2, 0.25) is 0 Å². The molecule has 1 saturated heterocycles. The Morgan fingerprint density at radius 3 is 3.23 bits per heavy atom. The molecule has 1 aliphatic heterocycles. The third-order valence-corrected chi connectivity index (χ3v) is 3.51. The van der Waals surface area contributed by atoms with Crippen molar-refractivity contribution in [3.05, 3.63) is 16.4 Å². The van der Waals surface area contributed by atoms with Crippen molar-refractivity contribution in [2.45, 2.75) is 19.3 Å². The quantitative estimate of drug-likeness (QED) is 0.775. The molecule has 1 aromatic rings. The van der Waals surface area contributed by atoms with Gasteiger partial charge >= 0.3 is 5.76 Å². The van der Waals surface area contributed by atoms with Gasteiger partial charge in [0.05, 0.1) is 0 Å². The lowest BCUT2D eigenvalue weighted by Crippen LogP contribution is -2.14. The number of hydrogen-bond acceptors (Lipinski definition) is 4. The van der Waals surface area contributed by atoms with E-state index in [1.165, 1.54) is 24.3 Å². The molecule has 1 unspecified atom stereocenters.